The topological polar surface area (TPSA) is 19.0 Å². The SMILES string of the molecule is CCN(CC)CCc1cccc2[nH]ccc12. The van der Waals surface area contributed by atoms with Crippen molar-refractivity contribution in [2.24, 2.45) is 0 Å². The summed E-state index contributed by atoms with van der Waals surface area (Å²) >= 11 is 0. The minimum Gasteiger partial charge on any atom is -0.361 e. The lowest BCUT2D eigenvalue weighted by Crippen LogP contribution is -2.25. The van der Waals surface area contributed by atoms with Crippen LogP contribution in [0.2, 0.25) is 0 Å². The van der Waals surface area contributed by atoms with Crippen molar-refractivity contribution in [3.63, 3.8) is 0 Å². The van der Waals surface area contributed by atoms with Crippen molar-refractivity contribution in [2.45, 2.75) is 20.3 Å². The van der Waals surface area contributed by atoms with Gasteiger partial charge in [0, 0.05) is 23.6 Å². The second-order valence-electron chi connectivity index (χ2n) is 4.13. The van der Waals surface area contributed by atoms with Crippen molar-refractivity contribution >= 4 is 10.9 Å². The molecule has 1 aromatic carbocycles. The van der Waals surface area contributed by atoms with Gasteiger partial charge in [0.2, 0.25) is 0 Å². The smallest absolute Gasteiger partial charge is 0.0456 e. The molecule has 1 N–H and O–H groups in total. The highest BCUT2D eigenvalue weighted by molar-refractivity contribution is 5.82. The fourth-order valence-electron chi connectivity index (χ4n) is 2.19. The van der Waals surface area contributed by atoms with E-state index in [0.29, 0.717) is 0 Å². The van der Waals surface area contributed by atoms with E-state index in [2.05, 4.69) is 48.0 Å². The Balaban J connectivity index is 2.11. The van der Waals surface area contributed by atoms with Gasteiger partial charge in [0.1, 0.15) is 0 Å². The van der Waals surface area contributed by atoms with Crippen LogP contribution in [0.1, 0.15) is 19.4 Å². The largest absolute Gasteiger partial charge is 0.361 e. The first-order valence-corrected chi connectivity index (χ1v) is 6.12. The van der Waals surface area contributed by atoms with Crippen LogP contribution in [0.3, 0.4) is 0 Å². The zero-order valence-corrected chi connectivity index (χ0v) is 10.2. The van der Waals surface area contributed by atoms with Gasteiger partial charge in [0.05, 0.1) is 0 Å². The number of aromatic amines is 1. The Morgan fingerprint density at radius 2 is 1.94 bits per heavy atom. The maximum absolute atomic E-state index is 3.26. The standard InChI is InChI=1S/C14H20N2/c1-3-16(4-2)11-9-12-6-5-7-14-13(12)8-10-15-14/h5-8,10,15H,3-4,9,11H2,1-2H3. The van der Waals surface area contributed by atoms with E-state index < -0.39 is 0 Å². The molecule has 0 aliphatic heterocycles. The summed E-state index contributed by atoms with van der Waals surface area (Å²) < 4.78 is 0. The van der Waals surface area contributed by atoms with Crippen LogP contribution >= 0.6 is 0 Å². The van der Waals surface area contributed by atoms with E-state index in [1.165, 1.54) is 16.5 Å². The number of rotatable bonds is 5. The maximum atomic E-state index is 3.26. The normalized spacial score (nSPS) is 11.4. The van der Waals surface area contributed by atoms with E-state index >= 15 is 0 Å². The fraction of sp³-hybridized carbons (Fsp3) is 0.429. The molecular formula is C14H20N2. The van der Waals surface area contributed by atoms with E-state index in [1.807, 2.05) is 6.20 Å². The van der Waals surface area contributed by atoms with Crippen LogP contribution in [0.25, 0.3) is 10.9 Å². The predicted molar refractivity (Wildman–Crippen MR) is 69.8 cm³/mol. The van der Waals surface area contributed by atoms with Crippen LogP contribution < -0.4 is 0 Å². The maximum Gasteiger partial charge on any atom is 0.0456 e. The van der Waals surface area contributed by atoms with Crippen molar-refractivity contribution in [3.05, 3.63) is 36.0 Å². The molecule has 0 saturated heterocycles. The van der Waals surface area contributed by atoms with Crippen LogP contribution in [0, 0.1) is 0 Å². The zero-order valence-electron chi connectivity index (χ0n) is 10.2. The van der Waals surface area contributed by atoms with Gasteiger partial charge in [0.25, 0.3) is 0 Å². The molecule has 0 unspecified atom stereocenters. The van der Waals surface area contributed by atoms with Gasteiger partial charge in [-0.1, -0.05) is 26.0 Å². The summed E-state index contributed by atoms with van der Waals surface area (Å²) in [5, 5.41) is 1.37. The summed E-state index contributed by atoms with van der Waals surface area (Å²) in [7, 11) is 0. The highest BCUT2D eigenvalue weighted by atomic mass is 15.1. The first kappa shape index (κ1) is 11.2. The quantitative estimate of drug-likeness (QED) is 0.814. The van der Waals surface area contributed by atoms with Crippen molar-refractivity contribution in [2.75, 3.05) is 19.6 Å². The number of likely N-dealkylation sites (N-methyl/N-ethyl adjacent to an activating group) is 1. The third kappa shape index (κ3) is 2.27. The number of benzene rings is 1. The van der Waals surface area contributed by atoms with Crippen LogP contribution in [-0.4, -0.2) is 29.5 Å². The van der Waals surface area contributed by atoms with Gasteiger partial charge >= 0.3 is 0 Å². The second kappa shape index (κ2) is 5.17. The third-order valence-corrected chi connectivity index (χ3v) is 3.28. The molecule has 1 heterocycles. The summed E-state index contributed by atoms with van der Waals surface area (Å²) in [6.07, 6.45) is 3.16. The van der Waals surface area contributed by atoms with Crippen LogP contribution in [0.4, 0.5) is 0 Å². The molecular weight excluding hydrogens is 196 g/mol. The molecule has 16 heavy (non-hydrogen) atoms. The second-order valence-corrected chi connectivity index (χ2v) is 4.13. The number of nitrogens with one attached hydrogen (secondary N) is 1. The minimum atomic E-state index is 1.14. The van der Waals surface area contributed by atoms with Gasteiger partial charge in [-0.2, -0.15) is 0 Å². The Labute approximate surface area is 97.3 Å². The summed E-state index contributed by atoms with van der Waals surface area (Å²) in [6.45, 7) is 7.87. The molecule has 0 radical (unpaired) electrons. The van der Waals surface area contributed by atoms with E-state index in [-0.39, 0.29) is 0 Å². The Morgan fingerprint density at radius 1 is 1.12 bits per heavy atom. The van der Waals surface area contributed by atoms with E-state index in [9.17, 15) is 0 Å². The number of H-pyrrole nitrogens is 1. The number of nitrogens with zero attached hydrogens (tertiary/aromatic N) is 1. The highest BCUT2D eigenvalue weighted by Crippen LogP contribution is 2.17. The zero-order chi connectivity index (χ0) is 11.4. The third-order valence-electron chi connectivity index (χ3n) is 3.28. The first-order valence-electron chi connectivity index (χ1n) is 6.12. The molecule has 0 saturated carbocycles. The molecule has 1 aromatic heterocycles. The number of hydrogen-bond donors (Lipinski definition) is 1. The minimum absolute atomic E-state index is 1.14. The molecule has 2 nitrogen and oxygen atoms in total. The molecule has 0 bridgehead atoms. The van der Waals surface area contributed by atoms with Crippen molar-refractivity contribution in [1.29, 1.82) is 0 Å². The summed E-state index contributed by atoms with van der Waals surface area (Å²) in [5.74, 6) is 0. The average molecular weight is 216 g/mol. The van der Waals surface area contributed by atoms with Gasteiger partial charge in [-0.15, -0.1) is 0 Å². The van der Waals surface area contributed by atoms with E-state index in [0.717, 1.165) is 26.1 Å². The monoisotopic (exact) mass is 216 g/mol. The Morgan fingerprint density at radius 3 is 2.69 bits per heavy atom. The molecule has 0 aliphatic carbocycles. The Kier molecular flexibility index (Phi) is 3.62. The lowest BCUT2D eigenvalue weighted by Gasteiger charge is -2.17. The van der Waals surface area contributed by atoms with Gasteiger partial charge in [-0.3, -0.25) is 0 Å². The van der Waals surface area contributed by atoms with Gasteiger partial charge in [-0.25, -0.2) is 0 Å². The lowest BCUT2D eigenvalue weighted by molar-refractivity contribution is 0.308. The summed E-state index contributed by atoms with van der Waals surface area (Å²) in [6, 6.07) is 8.68. The molecule has 2 heteroatoms. The number of hydrogen-bond acceptors (Lipinski definition) is 1. The molecule has 2 aromatic rings. The van der Waals surface area contributed by atoms with Crippen LogP contribution in [0.5, 0.6) is 0 Å². The number of fused-ring (bicyclic) bond motifs is 1. The Bertz CT molecular complexity index is 441. The van der Waals surface area contributed by atoms with E-state index in [4.69, 9.17) is 0 Å². The van der Waals surface area contributed by atoms with Crippen LogP contribution in [-0.2, 0) is 6.42 Å². The van der Waals surface area contributed by atoms with Gasteiger partial charge in [0.15, 0.2) is 0 Å². The predicted octanol–water partition coefficient (Wildman–Crippen LogP) is 3.05. The molecule has 2 rings (SSSR count). The first-order chi connectivity index (χ1) is 7.85. The summed E-state index contributed by atoms with van der Waals surface area (Å²) in [4.78, 5) is 5.73. The number of aromatic nitrogens is 1. The molecule has 0 amide bonds. The van der Waals surface area contributed by atoms with Crippen molar-refractivity contribution in [1.82, 2.24) is 9.88 Å². The average Bonchev–Trinajstić information content (AvgIpc) is 2.79. The van der Waals surface area contributed by atoms with Gasteiger partial charge in [-0.05, 0) is 37.2 Å². The molecule has 0 atom stereocenters. The molecule has 86 valence electrons. The van der Waals surface area contributed by atoms with Crippen LogP contribution in [0.15, 0.2) is 30.5 Å². The molecule has 0 fully saturated rings. The summed E-state index contributed by atoms with van der Waals surface area (Å²) in [5.41, 5.74) is 2.70. The Hall–Kier alpha value is -1.28. The van der Waals surface area contributed by atoms with Gasteiger partial charge < -0.3 is 9.88 Å². The fourth-order valence-corrected chi connectivity index (χ4v) is 2.19. The molecule has 0 aliphatic rings. The lowest BCUT2D eigenvalue weighted by atomic mass is 10.1. The van der Waals surface area contributed by atoms with Crippen molar-refractivity contribution in [3.8, 4) is 0 Å². The van der Waals surface area contributed by atoms with E-state index in [1.54, 1.807) is 0 Å². The molecule has 0 spiro atoms. The highest BCUT2D eigenvalue weighted by Gasteiger charge is 2.03. The van der Waals surface area contributed by atoms with Crippen molar-refractivity contribution < 1.29 is 0 Å².